The summed E-state index contributed by atoms with van der Waals surface area (Å²) < 4.78 is 5.35. The number of hydrogen-bond donors (Lipinski definition) is 1. The SMILES string of the molecule is COc1cccc(N(CC(C)C)C2CCCC2)c1N. The van der Waals surface area contributed by atoms with Gasteiger partial charge in [0.15, 0.2) is 0 Å². The van der Waals surface area contributed by atoms with Crippen LogP contribution in [0.5, 0.6) is 5.75 Å². The fraction of sp³-hybridized carbons (Fsp3) is 0.625. The molecule has 1 aromatic carbocycles. The molecule has 3 nitrogen and oxygen atoms in total. The van der Waals surface area contributed by atoms with Gasteiger partial charge >= 0.3 is 0 Å². The number of nitrogen functional groups attached to an aromatic ring is 1. The van der Waals surface area contributed by atoms with Crippen LogP contribution in [-0.4, -0.2) is 19.7 Å². The predicted molar refractivity (Wildman–Crippen MR) is 81.8 cm³/mol. The molecule has 2 rings (SSSR count). The first-order valence-corrected chi connectivity index (χ1v) is 7.32. The molecular weight excluding hydrogens is 236 g/mol. The Balaban J connectivity index is 2.31. The van der Waals surface area contributed by atoms with Gasteiger partial charge in [-0.25, -0.2) is 0 Å². The van der Waals surface area contributed by atoms with Crippen LogP contribution in [0.15, 0.2) is 18.2 Å². The Bertz CT molecular complexity index is 411. The fourth-order valence-corrected chi connectivity index (χ4v) is 3.01. The molecule has 106 valence electrons. The molecule has 19 heavy (non-hydrogen) atoms. The van der Waals surface area contributed by atoms with Crippen LogP contribution in [0, 0.1) is 5.92 Å². The summed E-state index contributed by atoms with van der Waals surface area (Å²) in [5.41, 5.74) is 8.19. The van der Waals surface area contributed by atoms with Crippen LogP contribution < -0.4 is 15.4 Å². The predicted octanol–water partition coefficient (Wildman–Crippen LogP) is 3.68. The smallest absolute Gasteiger partial charge is 0.143 e. The van der Waals surface area contributed by atoms with Crippen molar-refractivity contribution in [2.75, 3.05) is 24.3 Å². The largest absolute Gasteiger partial charge is 0.495 e. The summed E-state index contributed by atoms with van der Waals surface area (Å²) in [5.74, 6) is 1.41. The van der Waals surface area contributed by atoms with Crippen molar-refractivity contribution in [1.29, 1.82) is 0 Å². The third-order valence-corrected chi connectivity index (χ3v) is 3.90. The highest BCUT2D eigenvalue weighted by Crippen LogP contribution is 2.36. The lowest BCUT2D eigenvalue weighted by molar-refractivity contribution is 0.416. The van der Waals surface area contributed by atoms with Crippen molar-refractivity contribution in [3.8, 4) is 5.75 Å². The first-order chi connectivity index (χ1) is 9.13. The molecule has 1 aromatic rings. The van der Waals surface area contributed by atoms with E-state index in [1.54, 1.807) is 7.11 Å². The number of rotatable bonds is 5. The van der Waals surface area contributed by atoms with E-state index in [-0.39, 0.29) is 0 Å². The molecule has 0 atom stereocenters. The van der Waals surface area contributed by atoms with E-state index in [9.17, 15) is 0 Å². The van der Waals surface area contributed by atoms with Crippen molar-refractivity contribution in [1.82, 2.24) is 0 Å². The van der Waals surface area contributed by atoms with Gasteiger partial charge in [0.05, 0.1) is 18.5 Å². The number of hydrogen-bond acceptors (Lipinski definition) is 3. The molecule has 0 aliphatic heterocycles. The second kappa shape index (κ2) is 6.18. The highest BCUT2D eigenvalue weighted by molar-refractivity contribution is 5.74. The maximum atomic E-state index is 6.27. The number of benzene rings is 1. The van der Waals surface area contributed by atoms with Crippen LogP contribution in [0.25, 0.3) is 0 Å². The van der Waals surface area contributed by atoms with E-state index in [1.165, 1.54) is 25.7 Å². The molecule has 1 saturated carbocycles. The molecule has 2 N–H and O–H groups in total. The van der Waals surface area contributed by atoms with Gasteiger partial charge in [0.25, 0.3) is 0 Å². The minimum Gasteiger partial charge on any atom is -0.495 e. The van der Waals surface area contributed by atoms with E-state index in [0.29, 0.717) is 12.0 Å². The van der Waals surface area contributed by atoms with Gasteiger partial charge in [-0.05, 0) is 30.9 Å². The normalized spacial score (nSPS) is 16.0. The quantitative estimate of drug-likeness (QED) is 0.823. The van der Waals surface area contributed by atoms with E-state index in [2.05, 4.69) is 24.8 Å². The van der Waals surface area contributed by atoms with Gasteiger partial charge in [-0.3, -0.25) is 0 Å². The topological polar surface area (TPSA) is 38.5 Å². The molecule has 0 unspecified atom stereocenters. The van der Waals surface area contributed by atoms with Crippen LogP contribution in [0.2, 0.25) is 0 Å². The van der Waals surface area contributed by atoms with Crippen molar-refractivity contribution in [3.05, 3.63) is 18.2 Å². The summed E-state index contributed by atoms with van der Waals surface area (Å²) in [6, 6.07) is 6.73. The number of methoxy groups -OCH3 is 1. The van der Waals surface area contributed by atoms with Gasteiger partial charge in [-0.1, -0.05) is 32.8 Å². The highest BCUT2D eigenvalue weighted by atomic mass is 16.5. The summed E-state index contributed by atoms with van der Waals surface area (Å²) >= 11 is 0. The van der Waals surface area contributed by atoms with Crippen LogP contribution >= 0.6 is 0 Å². The molecule has 0 saturated heterocycles. The summed E-state index contributed by atoms with van der Waals surface area (Å²) in [7, 11) is 1.68. The molecule has 1 aliphatic rings. The maximum absolute atomic E-state index is 6.27. The van der Waals surface area contributed by atoms with Crippen LogP contribution in [0.3, 0.4) is 0 Å². The zero-order valence-corrected chi connectivity index (χ0v) is 12.4. The summed E-state index contributed by atoms with van der Waals surface area (Å²) in [6.07, 6.45) is 5.24. The van der Waals surface area contributed by atoms with Crippen molar-refractivity contribution in [3.63, 3.8) is 0 Å². The van der Waals surface area contributed by atoms with Crippen LogP contribution in [-0.2, 0) is 0 Å². The number of para-hydroxylation sites is 1. The second-order valence-electron chi connectivity index (χ2n) is 5.88. The molecule has 0 aromatic heterocycles. The second-order valence-corrected chi connectivity index (χ2v) is 5.88. The Morgan fingerprint density at radius 3 is 2.58 bits per heavy atom. The third kappa shape index (κ3) is 3.14. The van der Waals surface area contributed by atoms with Crippen LogP contribution in [0.1, 0.15) is 39.5 Å². The maximum Gasteiger partial charge on any atom is 0.143 e. The van der Waals surface area contributed by atoms with Gasteiger partial charge < -0.3 is 15.4 Å². The minimum absolute atomic E-state index is 0.631. The molecule has 1 aliphatic carbocycles. The van der Waals surface area contributed by atoms with E-state index >= 15 is 0 Å². The number of anilines is 2. The lowest BCUT2D eigenvalue weighted by Gasteiger charge is -2.34. The van der Waals surface area contributed by atoms with E-state index < -0.39 is 0 Å². The number of nitrogens with zero attached hydrogens (tertiary/aromatic N) is 1. The standard InChI is InChI=1S/C16H26N2O/c1-12(2)11-18(13-7-4-5-8-13)14-9-6-10-15(19-3)16(14)17/h6,9-10,12-13H,4-5,7-8,11,17H2,1-3H3. The van der Waals surface area contributed by atoms with Crippen molar-refractivity contribution in [2.45, 2.75) is 45.6 Å². The van der Waals surface area contributed by atoms with Gasteiger partial charge in [0, 0.05) is 12.6 Å². The van der Waals surface area contributed by atoms with Gasteiger partial charge in [-0.2, -0.15) is 0 Å². The molecule has 1 fully saturated rings. The Morgan fingerprint density at radius 1 is 1.32 bits per heavy atom. The lowest BCUT2D eigenvalue weighted by atomic mass is 10.1. The minimum atomic E-state index is 0.631. The third-order valence-electron chi connectivity index (χ3n) is 3.90. The molecule has 3 heteroatoms. The highest BCUT2D eigenvalue weighted by Gasteiger charge is 2.25. The van der Waals surface area contributed by atoms with Gasteiger partial charge in [-0.15, -0.1) is 0 Å². The van der Waals surface area contributed by atoms with Gasteiger partial charge in [0.1, 0.15) is 5.75 Å². The van der Waals surface area contributed by atoms with Gasteiger partial charge in [0.2, 0.25) is 0 Å². The zero-order valence-electron chi connectivity index (χ0n) is 12.4. The zero-order chi connectivity index (χ0) is 13.8. The number of ether oxygens (including phenoxy) is 1. The Hall–Kier alpha value is -1.38. The average molecular weight is 262 g/mol. The number of nitrogens with two attached hydrogens (primary N) is 1. The Labute approximate surface area is 116 Å². The lowest BCUT2D eigenvalue weighted by Crippen LogP contribution is -2.36. The van der Waals surface area contributed by atoms with Crippen molar-refractivity contribution in [2.24, 2.45) is 5.92 Å². The average Bonchev–Trinajstić information content (AvgIpc) is 2.90. The summed E-state index contributed by atoms with van der Waals surface area (Å²) in [5, 5.41) is 0. The van der Waals surface area contributed by atoms with Crippen molar-refractivity contribution >= 4 is 11.4 Å². The Morgan fingerprint density at radius 2 is 2.00 bits per heavy atom. The van der Waals surface area contributed by atoms with E-state index in [0.717, 1.165) is 23.7 Å². The molecule has 0 amide bonds. The molecular formula is C16H26N2O. The van der Waals surface area contributed by atoms with Crippen molar-refractivity contribution < 1.29 is 4.74 Å². The first kappa shape index (κ1) is 14.0. The molecule has 0 spiro atoms. The molecule has 0 heterocycles. The van der Waals surface area contributed by atoms with E-state index in [1.807, 2.05) is 12.1 Å². The fourth-order valence-electron chi connectivity index (χ4n) is 3.01. The van der Waals surface area contributed by atoms with Crippen LogP contribution in [0.4, 0.5) is 11.4 Å². The Kier molecular flexibility index (Phi) is 4.56. The summed E-state index contributed by atoms with van der Waals surface area (Å²) in [4.78, 5) is 2.50. The summed E-state index contributed by atoms with van der Waals surface area (Å²) in [6.45, 7) is 5.58. The molecule has 0 bridgehead atoms. The molecule has 0 radical (unpaired) electrons. The van der Waals surface area contributed by atoms with E-state index in [4.69, 9.17) is 10.5 Å². The first-order valence-electron chi connectivity index (χ1n) is 7.32. The monoisotopic (exact) mass is 262 g/mol.